The fraction of sp³-hybridized carbons (Fsp3) is 0.0370. The number of ether oxygens (including phenoxy) is 2. The molecule has 0 saturated carbocycles. The van der Waals surface area contributed by atoms with Crippen molar-refractivity contribution in [3.63, 3.8) is 0 Å². The average molecular weight is 751 g/mol. The molecule has 9 aromatic carbocycles. The summed E-state index contributed by atoms with van der Waals surface area (Å²) < 4.78 is 13.7. The summed E-state index contributed by atoms with van der Waals surface area (Å²) in [6.07, 6.45) is 0. The van der Waals surface area contributed by atoms with Crippen LogP contribution in [0.25, 0.3) is 21.5 Å². The molecule has 9 rings (SSSR count). The van der Waals surface area contributed by atoms with Gasteiger partial charge in [0, 0.05) is 21.5 Å². The summed E-state index contributed by atoms with van der Waals surface area (Å²) >= 11 is 0. The monoisotopic (exact) mass is 750 g/mol. The SMILES string of the molecule is O=C(Oc1c2ccccc2c(OC(=O)C(c2ccccc2)(c2ccccc2)c2ccccc2)c2ccccc12)C(c1ccccc1)(c1ccccc1)c1ccccc1. The normalized spacial score (nSPS) is 11.6. The first-order valence-electron chi connectivity index (χ1n) is 19.3. The van der Waals surface area contributed by atoms with Crippen LogP contribution >= 0.6 is 0 Å². The second kappa shape index (κ2) is 15.5. The Morgan fingerprint density at radius 2 is 0.431 bits per heavy atom. The van der Waals surface area contributed by atoms with Gasteiger partial charge in [-0.15, -0.1) is 0 Å². The van der Waals surface area contributed by atoms with Crippen molar-refractivity contribution in [1.82, 2.24) is 0 Å². The van der Waals surface area contributed by atoms with Crippen molar-refractivity contribution < 1.29 is 19.1 Å². The number of esters is 2. The Bertz CT molecular complexity index is 2390. The molecule has 0 saturated heterocycles. The first kappa shape index (κ1) is 36.1. The lowest BCUT2D eigenvalue weighted by atomic mass is 9.69. The lowest BCUT2D eigenvalue weighted by molar-refractivity contribution is -0.138. The maximum Gasteiger partial charge on any atom is 0.331 e. The van der Waals surface area contributed by atoms with Crippen molar-refractivity contribution in [3.8, 4) is 11.5 Å². The molecule has 4 nitrogen and oxygen atoms in total. The topological polar surface area (TPSA) is 52.6 Å². The first-order chi connectivity index (χ1) is 28.6. The van der Waals surface area contributed by atoms with Crippen LogP contribution in [0.2, 0.25) is 0 Å². The van der Waals surface area contributed by atoms with E-state index in [4.69, 9.17) is 9.47 Å². The van der Waals surface area contributed by atoms with Gasteiger partial charge in [0.05, 0.1) is 0 Å². The van der Waals surface area contributed by atoms with Crippen LogP contribution in [-0.2, 0) is 20.4 Å². The Hall–Kier alpha value is -7.56. The van der Waals surface area contributed by atoms with Crippen LogP contribution in [0.5, 0.6) is 11.5 Å². The highest BCUT2D eigenvalue weighted by Gasteiger charge is 2.47. The van der Waals surface area contributed by atoms with E-state index in [9.17, 15) is 0 Å². The summed E-state index contributed by atoms with van der Waals surface area (Å²) in [5.74, 6) is -0.174. The molecule has 278 valence electrons. The summed E-state index contributed by atoms with van der Waals surface area (Å²) in [6, 6.07) is 73.9. The zero-order valence-electron chi connectivity index (χ0n) is 31.6. The Morgan fingerprint density at radius 3 is 0.621 bits per heavy atom. The first-order valence-corrected chi connectivity index (χ1v) is 19.3. The van der Waals surface area contributed by atoms with E-state index in [1.807, 2.05) is 231 Å². The minimum Gasteiger partial charge on any atom is -0.424 e. The van der Waals surface area contributed by atoms with E-state index < -0.39 is 22.8 Å². The lowest BCUT2D eigenvalue weighted by Gasteiger charge is -2.34. The third kappa shape index (κ3) is 6.03. The number of hydrogen-bond acceptors (Lipinski definition) is 4. The molecular weight excluding hydrogens is 713 g/mol. The zero-order chi connectivity index (χ0) is 39.4. The highest BCUT2D eigenvalue weighted by Crippen LogP contribution is 2.48. The van der Waals surface area contributed by atoms with Crippen molar-refractivity contribution in [2.45, 2.75) is 10.8 Å². The van der Waals surface area contributed by atoms with Gasteiger partial charge in [-0.25, -0.2) is 9.59 Å². The third-order valence-electron chi connectivity index (χ3n) is 11.1. The van der Waals surface area contributed by atoms with Crippen LogP contribution in [-0.4, -0.2) is 11.9 Å². The van der Waals surface area contributed by atoms with Gasteiger partial charge in [0.1, 0.15) is 22.3 Å². The fourth-order valence-corrected chi connectivity index (χ4v) is 8.44. The highest BCUT2D eigenvalue weighted by molar-refractivity contribution is 6.14. The zero-order valence-corrected chi connectivity index (χ0v) is 31.6. The largest absolute Gasteiger partial charge is 0.424 e. The quantitative estimate of drug-likeness (QED) is 0.0604. The molecule has 4 heteroatoms. The van der Waals surface area contributed by atoms with Gasteiger partial charge in [-0.1, -0.05) is 231 Å². The van der Waals surface area contributed by atoms with E-state index >= 15 is 9.59 Å². The molecule has 0 aliphatic rings. The number of benzene rings is 9. The molecule has 58 heavy (non-hydrogen) atoms. The number of hydrogen-bond donors (Lipinski definition) is 0. The minimum atomic E-state index is -1.32. The highest BCUT2D eigenvalue weighted by atomic mass is 16.5. The molecule has 0 amide bonds. The molecule has 0 aliphatic heterocycles. The second-order valence-electron chi connectivity index (χ2n) is 14.2. The molecule has 0 N–H and O–H groups in total. The molecule has 0 aliphatic carbocycles. The van der Waals surface area contributed by atoms with Crippen molar-refractivity contribution in [1.29, 1.82) is 0 Å². The van der Waals surface area contributed by atoms with Gasteiger partial charge in [0.25, 0.3) is 0 Å². The Morgan fingerprint density at radius 1 is 0.259 bits per heavy atom. The minimum absolute atomic E-state index is 0.378. The predicted molar refractivity (Wildman–Crippen MR) is 231 cm³/mol. The van der Waals surface area contributed by atoms with Gasteiger partial charge in [-0.2, -0.15) is 0 Å². The Labute approximate surface area is 337 Å². The van der Waals surface area contributed by atoms with Crippen LogP contribution < -0.4 is 9.47 Å². The summed E-state index contributed by atoms with van der Waals surface area (Å²) in [6.45, 7) is 0. The Balaban J connectivity index is 1.25. The van der Waals surface area contributed by atoms with Crippen molar-refractivity contribution in [2.75, 3.05) is 0 Å². The number of rotatable bonds is 10. The third-order valence-corrected chi connectivity index (χ3v) is 11.1. The van der Waals surface area contributed by atoms with Crippen LogP contribution in [0.3, 0.4) is 0 Å². The van der Waals surface area contributed by atoms with E-state index in [1.54, 1.807) is 0 Å². The van der Waals surface area contributed by atoms with E-state index in [-0.39, 0.29) is 0 Å². The van der Waals surface area contributed by atoms with Crippen molar-refractivity contribution >= 4 is 33.5 Å². The Kier molecular flexibility index (Phi) is 9.66. The van der Waals surface area contributed by atoms with Gasteiger partial charge in [-0.3, -0.25) is 0 Å². The number of fused-ring (bicyclic) bond motifs is 2. The van der Waals surface area contributed by atoms with Crippen LogP contribution in [0, 0.1) is 0 Å². The average Bonchev–Trinajstić information content (AvgIpc) is 3.30. The lowest BCUT2D eigenvalue weighted by Crippen LogP contribution is -2.42. The molecule has 0 fully saturated rings. The van der Waals surface area contributed by atoms with Gasteiger partial charge in [0.2, 0.25) is 0 Å². The van der Waals surface area contributed by atoms with Gasteiger partial charge in [0.15, 0.2) is 0 Å². The van der Waals surface area contributed by atoms with Gasteiger partial charge >= 0.3 is 11.9 Å². The molecule has 0 bridgehead atoms. The maximum atomic E-state index is 15.5. The molecule has 0 heterocycles. The van der Waals surface area contributed by atoms with E-state index in [0.717, 1.165) is 33.4 Å². The van der Waals surface area contributed by atoms with Crippen LogP contribution in [0.4, 0.5) is 0 Å². The van der Waals surface area contributed by atoms with E-state index in [1.165, 1.54) is 0 Å². The van der Waals surface area contributed by atoms with Crippen LogP contribution in [0.1, 0.15) is 33.4 Å². The van der Waals surface area contributed by atoms with Crippen molar-refractivity contribution in [3.05, 3.63) is 264 Å². The number of carbonyl (C=O) groups excluding carboxylic acids is 2. The molecular formula is C54H38O4. The smallest absolute Gasteiger partial charge is 0.331 e. The molecule has 0 unspecified atom stereocenters. The van der Waals surface area contributed by atoms with Crippen molar-refractivity contribution in [2.24, 2.45) is 0 Å². The molecule has 0 spiro atoms. The predicted octanol–water partition coefficient (Wildman–Crippen LogP) is 11.9. The van der Waals surface area contributed by atoms with Gasteiger partial charge < -0.3 is 9.47 Å². The fourth-order valence-electron chi connectivity index (χ4n) is 8.44. The summed E-state index contributed by atoms with van der Waals surface area (Å²) in [4.78, 5) is 31.0. The van der Waals surface area contributed by atoms with E-state index in [0.29, 0.717) is 33.0 Å². The van der Waals surface area contributed by atoms with Gasteiger partial charge in [-0.05, 0) is 33.4 Å². The van der Waals surface area contributed by atoms with Crippen LogP contribution in [0.15, 0.2) is 231 Å². The molecule has 0 aromatic heterocycles. The number of carbonyl (C=O) groups is 2. The summed E-state index contributed by atoms with van der Waals surface area (Å²) in [5, 5.41) is 2.52. The maximum absolute atomic E-state index is 15.5. The summed E-state index contributed by atoms with van der Waals surface area (Å²) in [7, 11) is 0. The second-order valence-corrected chi connectivity index (χ2v) is 14.2. The molecule has 9 aromatic rings. The molecule has 0 atom stereocenters. The standard InChI is InChI=1S/C54H38O4/c55-51(53(39-23-7-1-8-24-39,40-25-9-2-10-26-40)41-27-11-3-12-28-41)57-49-45-35-19-21-37-47(45)50(48-38-22-20-36-46(48)49)58-52(56)54(42-29-13-4-14-30-42,43-31-15-5-16-32-43)44-33-17-6-18-34-44/h1-38H. The van der Waals surface area contributed by atoms with E-state index in [2.05, 4.69) is 0 Å². The summed E-state index contributed by atoms with van der Waals surface area (Å²) in [5.41, 5.74) is 2.00. The molecule has 0 radical (unpaired) electrons.